The molecule has 1 aromatic carbocycles. The SMILES string of the molecule is N#CC(C#N)=Cc1cccc(OC(F)(F)F)c1[N+](=O)[O-]. The highest BCUT2D eigenvalue weighted by Crippen LogP contribution is 2.35. The molecule has 0 unspecified atom stereocenters. The minimum atomic E-state index is -5.10. The van der Waals surface area contributed by atoms with Gasteiger partial charge in [-0.15, -0.1) is 13.2 Å². The minimum absolute atomic E-state index is 0.338. The number of nitriles is 2. The minimum Gasteiger partial charge on any atom is -0.398 e. The third-order valence-corrected chi connectivity index (χ3v) is 1.98. The van der Waals surface area contributed by atoms with Crippen LogP contribution in [-0.2, 0) is 0 Å². The Morgan fingerprint density at radius 1 is 1.35 bits per heavy atom. The molecule has 0 bridgehead atoms. The number of allylic oxidation sites excluding steroid dienone is 1. The number of benzene rings is 1. The van der Waals surface area contributed by atoms with E-state index >= 15 is 0 Å². The molecule has 0 saturated heterocycles. The molecule has 0 amide bonds. The van der Waals surface area contributed by atoms with Gasteiger partial charge in [0.1, 0.15) is 17.7 Å². The number of nitro benzene ring substituents is 1. The van der Waals surface area contributed by atoms with Crippen LogP contribution in [0.5, 0.6) is 5.75 Å². The van der Waals surface area contributed by atoms with Gasteiger partial charge in [0.15, 0.2) is 0 Å². The molecule has 0 saturated carbocycles. The van der Waals surface area contributed by atoms with Crippen molar-refractivity contribution in [3.63, 3.8) is 0 Å². The molecule has 0 spiro atoms. The van der Waals surface area contributed by atoms with Crippen molar-refractivity contribution in [2.45, 2.75) is 6.36 Å². The van der Waals surface area contributed by atoms with Gasteiger partial charge in [-0.2, -0.15) is 10.5 Å². The highest BCUT2D eigenvalue weighted by molar-refractivity contribution is 5.71. The van der Waals surface area contributed by atoms with E-state index in [2.05, 4.69) is 4.74 Å². The Balaban J connectivity index is 3.45. The maximum Gasteiger partial charge on any atom is 0.573 e. The fourth-order valence-corrected chi connectivity index (χ4v) is 1.30. The lowest BCUT2D eigenvalue weighted by Gasteiger charge is -2.09. The van der Waals surface area contributed by atoms with Crippen LogP contribution in [0.15, 0.2) is 23.8 Å². The van der Waals surface area contributed by atoms with E-state index in [-0.39, 0.29) is 5.56 Å². The highest BCUT2D eigenvalue weighted by Gasteiger charge is 2.35. The number of rotatable bonds is 3. The summed E-state index contributed by atoms with van der Waals surface area (Å²) < 4.78 is 40.0. The van der Waals surface area contributed by atoms with E-state index in [1.165, 1.54) is 12.1 Å². The largest absolute Gasteiger partial charge is 0.573 e. The van der Waals surface area contributed by atoms with Gasteiger partial charge in [-0.1, -0.05) is 6.07 Å². The lowest BCUT2D eigenvalue weighted by molar-refractivity contribution is -0.388. The average molecular weight is 283 g/mol. The van der Waals surface area contributed by atoms with Crippen LogP contribution < -0.4 is 4.74 Å². The maximum absolute atomic E-state index is 12.1. The van der Waals surface area contributed by atoms with E-state index < -0.39 is 28.3 Å². The van der Waals surface area contributed by atoms with E-state index in [0.29, 0.717) is 0 Å². The molecule has 0 aliphatic heterocycles. The highest BCUT2D eigenvalue weighted by atomic mass is 19.4. The zero-order chi connectivity index (χ0) is 15.3. The third kappa shape index (κ3) is 3.71. The molecule has 1 aromatic rings. The van der Waals surface area contributed by atoms with E-state index in [1.807, 2.05) is 0 Å². The van der Waals surface area contributed by atoms with Gasteiger partial charge in [-0.25, -0.2) is 0 Å². The van der Waals surface area contributed by atoms with E-state index in [9.17, 15) is 23.3 Å². The molecule has 0 aliphatic rings. The molecule has 0 aromatic heterocycles. The second-order valence-corrected chi connectivity index (χ2v) is 3.28. The van der Waals surface area contributed by atoms with Crippen LogP contribution in [0.4, 0.5) is 18.9 Å². The number of ether oxygens (including phenoxy) is 1. The van der Waals surface area contributed by atoms with Crippen molar-refractivity contribution in [2.24, 2.45) is 0 Å². The Hall–Kier alpha value is -3.07. The first kappa shape index (κ1) is 15.0. The van der Waals surface area contributed by atoms with Gasteiger partial charge in [0, 0.05) is 0 Å². The second kappa shape index (κ2) is 5.71. The lowest BCUT2D eigenvalue weighted by Crippen LogP contribution is -2.18. The summed E-state index contributed by atoms with van der Waals surface area (Å²) in [6, 6.07) is 5.83. The first-order valence-corrected chi connectivity index (χ1v) is 4.83. The van der Waals surface area contributed by atoms with Gasteiger partial charge in [0.25, 0.3) is 0 Å². The van der Waals surface area contributed by atoms with Gasteiger partial charge in [-0.05, 0) is 18.2 Å². The molecule has 102 valence electrons. The number of nitro groups is 1. The summed E-state index contributed by atoms with van der Waals surface area (Å²) in [4.78, 5) is 9.77. The molecule has 1 rings (SSSR count). The van der Waals surface area contributed by atoms with Crippen LogP contribution in [-0.4, -0.2) is 11.3 Å². The first-order chi connectivity index (χ1) is 9.28. The standard InChI is InChI=1S/C11H4F3N3O3/c12-11(13,14)20-9-3-1-2-8(10(9)17(18)19)4-7(5-15)6-16/h1-4H. The average Bonchev–Trinajstić information content (AvgIpc) is 2.33. The molecular formula is C11H4F3N3O3. The van der Waals surface area contributed by atoms with E-state index in [1.54, 1.807) is 0 Å². The summed E-state index contributed by atoms with van der Waals surface area (Å²) >= 11 is 0. The second-order valence-electron chi connectivity index (χ2n) is 3.28. The zero-order valence-electron chi connectivity index (χ0n) is 9.51. The van der Waals surface area contributed by atoms with Crippen molar-refractivity contribution >= 4 is 11.8 Å². The van der Waals surface area contributed by atoms with Gasteiger partial charge in [0.05, 0.1) is 10.5 Å². The Kier molecular flexibility index (Phi) is 4.28. The fourth-order valence-electron chi connectivity index (χ4n) is 1.30. The van der Waals surface area contributed by atoms with Crippen LogP contribution in [0.1, 0.15) is 5.56 Å². The molecule has 6 nitrogen and oxygen atoms in total. The summed E-state index contributed by atoms with van der Waals surface area (Å²) in [5.41, 5.74) is -1.81. The van der Waals surface area contributed by atoms with Gasteiger partial charge in [0.2, 0.25) is 5.75 Å². The number of alkyl halides is 3. The normalized spacial score (nSPS) is 10.1. The molecular weight excluding hydrogens is 279 g/mol. The quantitative estimate of drug-likeness (QED) is 0.482. The molecule has 0 heterocycles. The molecule has 0 N–H and O–H groups in total. The predicted molar refractivity (Wildman–Crippen MR) is 59.0 cm³/mol. The van der Waals surface area contributed by atoms with E-state index in [4.69, 9.17) is 10.5 Å². The number of nitrogens with zero attached hydrogens (tertiary/aromatic N) is 3. The zero-order valence-corrected chi connectivity index (χ0v) is 9.51. The predicted octanol–water partition coefficient (Wildman–Crippen LogP) is 2.92. The maximum atomic E-state index is 12.1. The fraction of sp³-hybridized carbons (Fsp3) is 0.0909. The van der Waals surface area contributed by atoms with Crippen LogP contribution in [0.25, 0.3) is 6.08 Å². The van der Waals surface area contributed by atoms with Gasteiger partial charge < -0.3 is 4.74 Å². The summed E-state index contributed by atoms with van der Waals surface area (Å²) in [6.07, 6.45) is -4.29. The van der Waals surface area contributed by atoms with Crippen LogP contribution in [0, 0.1) is 32.8 Å². The molecule has 0 radical (unpaired) electrons. The Morgan fingerprint density at radius 3 is 2.40 bits per heavy atom. The summed E-state index contributed by atoms with van der Waals surface area (Å²) in [5.74, 6) is -1.02. The molecule has 20 heavy (non-hydrogen) atoms. The van der Waals surface area contributed by atoms with Gasteiger partial charge in [-0.3, -0.25) is 10.1 Å². The number of para-hydroxylation sites is 1. The van der Waals surface area contributed by atoms with Crippen molar-refractivity contribution in [3.8, 4) is 17.9 Å². The Bertz CT molecular complexity index is 638. The Morgan fingerprint density at radius 2 is 1.95 bits per heavy atom. The molecule has 0 fully saturated rings. The monoisotopic (exact) mass is 283 g/mol. The van der Waals surface area contributed by atoms with Crippen LogP contribution >= 0.6 is 0 Å². The first-order valence-electron chi connectivity index (χ1n) is 4.83. The van der Waals surface area contributed by atoms with E-state index in [0.717, 1.165) is 24.3 Å². The lowest BCUT2D eigenvalue weighted by atomic mass is 10.1. The molecule has 9 heteroatoms. The van der Waals surface area contributed by atoms with Crippen molar-refractivity contribution in [1.82, 2.24) is 0 Å². The van der Waals surface area contributed by atoms with Crippen molar-refractivity contribution in [2.75, 3.05) is 0 Å². The van der Waals surface area contributed by atoms with Crippen molar-refractivity contribution in [3.05, 3.63) is 39.4 Å². The number of hydrogen-bond acceptors (Lipinski definition) is 5. The topological polar surface area (TPSA) is 100.0 Å². The van der Waals surface area contributed by atoms with Crippen LogP contribution in [0.2, 0.25) is 0 Å². The van der Waals surface area contributed by atoms with Crippen LogP contribution in [0.3, 0.4) is 0 Å². The van der Waals surface area contributed by atoms with Gasteiger partial charge >= 0.3 is 12.0 Å². The number of hydrogen-bond donors (Lipinski definition) is 0. The summed E-state index contributed by atoms with van der Waals surface area (Å²) in [7, 11) is 0. The summed E-state index contributed by atoms with van der Waals surface area (Å²) in [6.45, 7) is 0. The summed E-state index contributed by atoms with van der Waals surface area (Å²) in [5, 5.41) is 28.0. The smallest absolute Gasteiger partial charge is 0.398 e. The van der Waals surface area contributed by atoms with Crippen molar-refractivity contribution in [1.29, 1.82) is 10.5 Å². The third-order valence-electron chi connectivity index (χ3n) is 1.98. The molecule has 0 aliphatic carbocycles. The molecule has 0 atom stereocenters. The Labute approximate surface area is 110 Å². The number of halogens is 3. The van der Waals surface area contributed by atoms with Crippen molar-refractivity contribution < 1.29 is 22.8 Å².